The van der Waals surface area contributed by atoms with Crippen LogP contribution in [-0.4, -0.2) is 41.1 Å². The number of carboxylic acids is 1. The number of rotatable bonds is 8. The first-order valence-electron chi connectivity index (χ1n) is 12.1. The van der Waals surface area contributed by atoms with Crippen LogP contribution in [0.25, 0.3) is 0 Å². The number of nitrogens with zero attached hydrogens (tertiary/aromatic N) is 2. The summed E-state index contributed by atoms with van der Waals surface area (Å²) in [5.74, 6) is 0.137. The van der Waals surface area contributed by atoms with Gasteiger partial charge in [0.05, 0.1) is 0 Å². The van der Waals surface area contributed by atoms with Gasteiger partial charge in [-0.25, -0.2) is 0 Å². The Balaban J connectivity index is 1.53. The second-order valence-corrected chi connectivity index (χ2v) is 9.73. The molecule has 1 atom stereocenters. The average Bonchev–Trinajstić information content (AvgIpc) is 2.84. The fourth-order valence-electron chi connectivity index (χ4n) is 4.82. The van der Waals surface area contributed by atoms with Gasteiger partial charge in [0.15, 0.2) is 0 Å². The van der Waals surface area contributed by atoms with E-state index < -0.39 is 5.97 Å². The average molecular weight is 486 g/mol. The van der Waals surface area contributed by atoms with E-state index in [1.807, 2.05) is 18.2 Å². The fourth-order valence-corrected chi connectivity index (χ4v) is 4.94. The van der Waals surface area contributed by atoms with E-state index in [1.54, 1.807) is 18.2 Å². The van der Waals surface area contributed by atoms with Gasteiger partial charge >= 0.3 is 5.97 Å². The van der Waals surface area contributed by atoms with E-state index in [9.17, 15) is 14.7 Å². The Hall–Kier alpha value is -2.80. The summed E-state index contributed by atoms with van der Waals surface area (Å²) in [6.07, 6.45) is 7.43. The molecule has 1 saturated heterocycles. The van der Waals surface area contributed by atoms with E-state index in [1.165, 1.54) is 6.42 Å². The van der Waals surface area contributed by atoms with Crippen molar-refractivity contribution in [2.75, 3.05) is 18.0 Å². The standard InChI is InChI=1S/C26H32ClN3O4/c27-20-10-8-18(9-11-20)17-34-26-22(25(33)28-21-6-2-1-3-7-21)12-13-23(29-26)30-14-4-5-19(16-30)15-24(31)32/h8-13,19,21H,1-7,14-17H2,(H,28,33)(H,31,32)/t19-/m0/s1. The van der Waals surface area contributed by atoms with Crippen LogP contribution in [0.15, 0.2) is 36.4 Å². The Bertz CT molecular complexity index is 992. The zero-order valence-corrected chi connectivity index (χ0v) is 20.1. The molecule has 2 aromatic rings. The number of piperidine rings is 1. The molecule has 2 aliphatic rings. The van der Waals surface area contributed by atoms with Crippen molar-refractivity contribution in [2.45, 2.75) is 64.0 Å². The molecule has 2 N–H and O–H groups in total. The van der Waals surface area contributed by atoms with Crippen LogP contribution in [0.1, 0.15) is 67.3 Å². The Labute approximate surface area is 205 Å². The summed E-state index contributed by atoms with van der Waals surface area (Å²) >= 11 is 5.99. The first-order valence-corrected chi connectivity index (χ1v) is 12.5. The Morgan fingerprint density at radius 1 is 1.06 bits per heavy atom. The van der Waals surface area contributed by atoms with Crippen molar-refractivity contribution in [3.63, 3.8) is 0 Å². The molecule has 1 aliphatic carbocycles. The summed E-state index contributed by atoms with van der Waals surface area (Å²) < 4.78 is 6.06. The normalized spacial score (nSPS) is 19.0. The molecule has 7 nitrogen and oxygen atoms in total. The summed E-state index contributed by atoms with van der Waals surface area (Å²) in [5.41, 5.74) is 1.34. The highest BCUT2D eigenvalue weighted by molar-refractivity contribution is 6.30. The third-order valence-electron chi connectivity index (χ3n) is 6.63. The highest BCUT2D eigenvalue weighted by Gasteiger charge is 2.25. The zero-order valence-electron chi connectivity index (χ0n) is 19.3. The lowest BCUT2D eigenvalue weighted by Gasteiger charge is -2.33. The highest BCUT2D eigenvalue weighted by Crippen LogP contribution is 2.28. The number of carboxylic acid groups (broad SMARTS) is 1. The maximum absolute atomic E-state index is 13.1. The van der Waals surface area contributed by atoms with Crippen molar-refractivity contribution < 1.29 is 19.4 Å². The fraction of sp³-hybridized carbons (Fsp3) is 0.500. The van der Waals surface area contributed by atoms with Crippen LogP contribution in [0.2, 0.25) is 5.02 Å². The predicted molar refractivity (Wildman–Crippen MR) is 132 cm³/mol. The number of hydrogen-bond donors (Lipinski definition) is 2. The topological polar surface area (TPSA) is 91.8 Å². The van der Waals surface area contributed by atoms with Gasteiger partial charge in [-0.05, 0) is 61.4 Å². The van der Waals surface area contributed by atoms with Crippen molar-refractivity contribution in [3.05, 3.63) is 52.5 Å². The molecule has 8 heteroatoms. The molecule has 0 spiro atoms. The maximum atomic E-state index is 13.1. The van der Waals surface area contributed by atoms with Crippen LogP contribution >= 0.6 is 11.6 Å². The van der Waals surface area contributed by atoms with Crippen LogP contribution < -0.4 is 15.0 Å². The number of nitrogens with one attached hydrogen (secondary N) is 1. The first kappa shape index (κ1) is 24.3. The minimum atomic E-state index is -0.776. The van der Waals surface area contributed by atoms with E-state index in [2.05, 4.69) is 10.2 Å². The number of hydrogen-bond acceptors (Lipinski definition) is 5. The first-order chi connectivity index (χ1) is 16.5. The largest absolute Gasteiger partial charge is 0.481 e. The van der Waals surface area contributed by atoms with Gasteiger partial charge in [-0.1, -0.05) is 43.0 Å². The van der Waals surface area contributed by atoms with Gasteiger partial charge in [-0.3, -0.25) is 9.59 Å². The Kier molecular flexibility index (Phi) is 8.27. The molecule has 1 aliphatic heterocycles. The molecule has 2 heterocycles. The number of ether oxygens (including phenoxy) is 1. The van der Waals surface area contributed by atoms with Crippen LogP contribution in [0.5, 0.6) is 5.88 Å². The molecule has 2 fully saturated rings. The minimum Gasteiger partial charge on any atom is -0.481 e. The van der Waals surface area contributed by atoms with Crippen molar-refractivity contribution in [3.8, 4) is 5.88 Å². The molecular weight excluding hydrogens is 454 g/mol. The summed E-state index contributed by atoms with van der Waals surface area (Å²) in [7, 11) is 0. The smallest absolute Gasteiger partial charge is 0.303 e. The lowest BCUT2D eigenvalue weighted by molar-refractivity contribution is -0.138. The summed E-state index contributed by atoms with van der Waals surface area (Å²) in [4.78, 5) is 31.1. The van der Waals surface area contributed by atoms with Crippen molar-refractivity contribution in [2.24, 2.45) is 5.92 Å². The third-order valence-corrected chi connectivity index (χ3v) is 6.88. The molecule has 0 bridgehead atoms. The molecule has 1 aromatic heterocycles. The lowest BCUT2D eigenvalue weighted by atomic mass is 9.95. The van der Waals surface area contributed by atoms with Crippen LogP contribution in [0.3, 0.4) is 0 Å². The number of carbonyl (C=O) groups excluding carboxylic acids is 1. The number of carbonyl (C=O) groups is 2. The van der Waals surface area contributed by atoms with Crippen molar-refractivity contribution in [1.29, 1.82) is 0 Å². The van der Waals surface area contributed by atoms with Crippen molar-refractivity contribution in [1.82, 2.24) is 10.3 Å². The van der Waals surface area contributed by atoms with Gasteiger partial charge in [-0.2, -0.15) is 4.98 Å². The van der Waals surface area contributed by atoms with E-state index in [0.717, 1.165) is 50.6 Å². The monoisotopic (exact) mass is 485 g/mol. The molecular formula is C26H32ClN3O4. The number of anilines is 1. The van der Waals surface area contributed by atoms with Gasteiger partial charge in [-0.15, -0.1) is 0 Å². The number of aromatic nitrogens is 1. The second kappa shape index (κ2) is 11.6. The molecule has 1 aromatic carbocycles. The van der Waals surface area contributed by atoms with E-state index >= 15 is 0 Å². The SMILES string of the molecule is O=C(O)C[C@@H]1CCCN(c2ccc(C(=O)NC3CCCCC3)c(OCc3ccc(Cl)cc3)n2)C1. The van der Waals surface area contributed by atoms with Crippen LogP contribution in [0.4, 0.5) is 5.82 Å². The van der Waals surface area contributed by atoms with Gasteiger partial charge in [0.1, 0.15) is 18.0 Å². The summed E-state index contributed by atoms with van der Waals surface area (Å²) in [5, 5.41) is 13.0. The molecule has 0 unspecified atom stereocenters. The second-order valence-electron chi connectivity index (χ2n) is 9.30. The van der Waals surface area contributed by atoms with E-state index in [4.69, 9.17) is 21.3 Å². The van der Waals surface area contributed by atoms with Gasteiger partial charge in [0.2, 0.25) is 5.88 Å². The van der Waals surface area contributed by atoms with Gasteiger partial charge in [0, 0.05) is 30.6 Å². The highest BCUT2D eigenvalue weighted by atomic mass is 35.5. The Morgan fingerprint density at radius 3 is 2.56 bits per heavy atom. The van der Waals surface area contributed by atoms with Gasteiger partial charge in [0.25, 0.3) is 5.91 Å². The molecule has 0 radical (unpaired) electrons. The molecule has 4 rings (SSSR count). The lowest BCUT2D eigenvalue weighted by Crippen LogP contribution is -2.37. The number of aliphatic carboxylic acids is 1. The Morgan fingerprint density at radius 2 is 1.82 bits per heavy atom. The number of amides is 1. The number of pyridine rings is 1. The number of benzene rings is 1. The molecule has 182 valence electrons. The van der Waals surface area contributed by atoms with Crippen LogP contribution in [-0.2, 0) is 11.4 Å². The molecule has 1 saturated carbocycles. The van der Waals surface area contributed by atoms with Gasteiger partial charge < -0.3 is 20.1 Å². The number of halogens is 1. The summed E-state index contributed by atoms with van der Waals surface area (Å²) in [6, 6.07) is 11.2. The maximum Gasteiger partial charge on any atom is 0.303 e. The summed E-state index contributed by atoms with van der Waals surface area (Å²) in [6.45, 7) is 1.69. The predicted octanol–water partition coefficient (Wildman–Crippen LogP) is 5.07. The van der Waals surface area contributed by atoms with E-state index in [-0.39, 0.29) is 30.9 Å². The zero-order chi connectivity index (χ0) is 23.9. The third kappa shape index (κ3) is 6.63. The molecule has 34 heavy (non-hydrogen) atoms. The van der Waals surface area contributed by atoms with E-state index in [0.29, 0.717) is 28.8 Å². The quantitative estimate of drug-likeness (QED) is 0.542. The minimum absolute atomic E-state index is 0.0840. The molecule has 1 amide bonds. The van der Waals surface area contributed by atoms with Crippen LogP contribution in [0, 0.1) is 5.92 Å². The van der Waals surface area contributed by atoms with Crippen molar-refractivity contribution >= 4 is 29.3 Å².